The van der Waals surface area contributed by atoms with Crippen LogP contribution in [0.1, 0.15) is 25.3 Å². The van der Waals surface area contributed by atoms with E-state index in [2.05, 4.69) is 30.8 Å². The Kier molecular flexibility index (Phi) is 2.57. The third-order valence-electron chi connectivity index (χ3n) is 2.50. The van der Waals surface area contributed by atoms with Crippen LogP contribution in [0.4, 0.5) is 0 Å². The second kappa shape index (κ2) is 3.55. The van der Waals surface area contributed by atoms with Gasteiger partial charge in [-0.3, -0.25) is 0 Å². The predicted molar refractivity (Wildman–Crippen MR) is 60.5 cm³/mol. The smallest absolute Gasteiger partial charge is 0.0409 e. The van der Waals surface area contributed by atoms with Crippen LogP contribution in [0.25, 0.3) is 0 Å². The zero-order chi connectivity index (χ0) is 9.31. The minimum absolute atomic E-state index is 0.444. The minimum atomic E-state index is 0.444. The van der Waals surface area contributed by atoms with E-state index < -0.39 is 0 Å². The average molecular weight is 213 g/mol. The normalized spacial score (nSPS) is 18.6. The van der Waals surface area contributed by atoms with Crippen LogP contribution in [0.2, 0.25) is 5.02 Å². The van der Waals surface area contributed by atoms with Crippen molar-refractivity contribution in [2.45, 2.75) is 24.5 Å². The molecule has 0 spiro atoms. The fraction of sp³-hybridized carbons (Fsp3) is 0.455. The molecule has 0 atom stereocenters. The van der Waals surface area contributed by atoms with Gasteiger partial charge < -0.3 is 0 Å². The Balaban J connectivity index is 2.20. The predicted octanol–water partition coefficient (Wildman–Crippen LogP) is 4.08. The summed E-state index contributed by atoms with van der Waals surface area (Å²) in [5, 5.41) is 0.834. The Morgan fingerprint density at radius 3 is 2.38 bits per heavy atom. The molecule has 2 heteroatoms. The van der Waals surface area contributed by atoms with E-state index >= 15 is 0 Å². The highest BCUT2D eigenvalue weighted by atomic mass is 35.5. The Morgan fingerprint density at radius 1 is 1.31 bits per heavy atom. The number of thioether (sulfide) groups is 1. The summed E-state index contributed by atoms with van der Waals surface area (Å²) in [6.07, 6.45) is 2.65. The van der Waals surface area contributed by atoms with Gasteiger partial charge in [-0.2, -0.15) is 11.8 Å². The number of benzene rings is 1. The second-order valence-electron chi connectivity index (χ2n) is 3.43. The Bertz CT molecular complexity index is 287. The summed E-state index contributed by atoms with van der Waals surface area (Å²) < 4.78 is 0.444. The van der Waals surface area contributed by atoms with E-state index in [0.29, 0.717) is 4.75 Å². The molecule has 0 aromatic heterocycles. The van der Waals surface area contributed by atoms with Crippen molar-refractivity contribution in [2.75, 3.05) is 5.75 Å². The van der Waals surface area contributed by atoms with Gasteiger partial charge in [0.25, 0.3) is 0 Å². The molecule has 2 rings (SSSR count). The number of halogens is 1. The molecule has 0 nitrogen and oxygen atoms in total. The molecular weight excluding hydrogens is 200 g/mol. The molecular formula is C11H13ClS. The molecule has 1 saturated carbocycles. The van der Waals surface area contributed by atoms with Gasteiger partial charge in [0.2, 0.25) is 0 Å². The van der Waals surface area contributed by atoms with Gasteiger partial charge in [-0.1, -0.05) is 30.7 Å². The third-order valence-corrected chi connectivity index (χ3v) is 4.23. The Morgan fingerprint density at radius 2 is 1.92 bits per heavy atom. The van der Waals surface area contributed by atoms with Gasteiger partial charge >= 0.3 is 0 Å². The molecule has 0 amide bonds. The van der Waals surface area contributed by atoms with Gasteiger partial charge in [-0.25, -0.2) is 0 Å². The van der Waals surface area contributed by atoms with Crippen molar-refractivity contribution in [3.8, 4) is 0 Å². The fourth-order valence-corrected chi connectivity index (χ4v) is 3.03. The van der Waals surface area contributed by atoms with Crippen molar-refractivity contribution in [3.63, 3.8) is 0 Å². The highest BCUT2D eigenvalue weighted by Gasteiger charge is 2.44. The summed E-state index contributed by atoms with van der Waals surface area (Å²) in [7, 11) is 0. The van der Waals surface area contributed by atoms with Crippen LogP contribution < -0.4 is 0 Å². The van der Waals surface area contributed by atoms with E-state index in [1.807, 2.05) is 12.1 Å². The summed E-state index contributed by atoms with van der Waals surface area (Å²) in [6.45, 7) is 2.22. The summed E-state index contributed by atoms with van der Waals surface area (Å²) in [5.41, 5.74) is 1.45. The van der Waals surface area contributed by atoms with Crippen LogP contribution in [0.3, 0.4) is 0 Å². The summed E-state index contributed by atoms with van der Waals surface area (Å²) >= 11 is 7.91. The van der Waals surface area contributed by atoms with Gasteiger partial charge in [0.05, 0.1) is 0 Å². The molecule has 0 N–H and O–H groups in total. The number of hydrogen-bond acceptors (Lipinski definition) is 1. The first kappa shape index (κ1) is 9.42. The summed E-state index contributed by atoms with van der Waals surface area (Å²) in [6, 6.07) is 8.32. The monoisotopic (exact) mass is 212 g/mol. The average Bonchev–Trinajstić information content (AvgIpc) is 2.87. The minimum Gasteiger partial charge on any atom is -0.151 e. The summed E-state index contributed by atoms with van der Waals surface area (Å²) in [5.74, 6) is 1.20. The fourth-order valence-electron chi connectivity index (χ4n) is 1.66. The van der Waals surface area contributed by atoms with Crippen LogP contribution in [0.5, 0.6) is 0 Å². The Labute approximate surface area is 88.7 Å². The molecule has 1 aromatic carbocycles. The van der Waals surface area contributed by atoms with E-state index in [1.54, 1.807) is 0 Å². The van der Waals surface area contributed by atoms with Gasteiger partial charge in [0.15, 0.2) is 0 Å². The molecule has 1 fully saturated rings. The van der Waals surface area contributed by atoms with Crippen molar-refractivity contribution >= 4 is 23.4 Å². The maximum atomic E-state index is 5.85. The van der Waals surface area contributed by atoms with E-state index in [0.717, 1.165) is 5.02 Å². The molecule has 0 aliphatic heterocycles. The first-order valence-electron chi connectivity index (χ1n) is 4.67. The lowest BCUT2D eigenvalue weighted by molar-refractivity contribution is 1.03. The van der Waals surface area contributed by atoms with Gasteiger partial charge in [0, 0.05) is 9.77 Å². The van der Waals surface area contributed by atoms with Gasteiger partial charge in [0.1, 0.15) is 0 Å². The van der Waals surface area contributed by atoms with Crippen LogP contribution in [0, 0.1) is 0 Å². The maximum absolute atomic E-state index is 5.85. The topological polar surface area (TPSA) is 0 Å². The molecule has 13 heavy (non-hydrogen) atoms. The quantitative estimate of drug-likeness (QED) is 0.728. The van der Waals surface area contributed by atoms with Crippen molar-refractivity contribution in [1.29, 1.82) is 0 Å². The molecule has 0 saturated heterocycles. The van der Waals surface area contributed by atoms with E-state index in [4.69, 9.17) is 11.6 Å². The van der Waals surface area contributed by atoms with Crippen LogP contribution in [-0.2, 0) is 4.75 Å². The lowest BCUT2D eigenvalue weighted by atomic mass is 10.1. The molecule has 70 valence electrons. The standard InChI is InChI=1S/C11H13ClS/c1-2-13-11(7-8-11)9-3-5-10(12)6-4-9/h3-6H,2,7-8H2,1H3. The third kappa shape index (κ3) is 1.87. The maximum Gasteiger partial charge on any atom is 0.0409 e. The Hall–Kier alpha value is -0.140. The molecule has 0 heterocycles. The lowest BCUT2D eigenvalue weighted by Crippen LogP contribution is -2.00. The van der Waals surface area contributed by atoms with Crippen LogP contribution in [0.15, 0.2) is 24.3 Å². The highest BCUT2D eigenvalue weighted by molar-refractivity contribution is 8.00. The first-order valence-corrected chi connectivity index (χ1v) is 6.03. The molecule has 1 aliphatic carbocycles. The second-order valence-corrected chi connectivity index (χ2v) is 5.52. The van der Waals surface area contributed by atoms with Crippen LogP contribution in [-0.4, -0.2) is 5.75 Å². The van der Waals surface area contributed by atoms with Crippen molar-refractivity contribution in [1.82, 2.24) is 0 Å². The molecule has 1 aliphatic rings. The zero-order valence-electron chi connectivity index (χ0n) is 7.72. The van der Waals surface area contributed by atoms with E-state index in [-0.39, 0.29) is 0 Å². The van der Waals surface area contributed by atoms with Gasteiger partial charge in [-0.15, -0.1) is 0 Å². The van der Waals surface area contributed by atoms with Gasteiger partial charge in [-0.05, 0) is 36.3 Å². The summed E-state index contributed by atoms with van der Waals surface area (Å²) in [4.78, 5) is 0. The van der Waals surface area contributed by atoms with E-state index in [9.17, 15) is 0 Å². The molecule has 0 radical (unpaired) electrons. The van der Waals surface area contributed by atoms with Crippen molar-refractivity contribution in [3.05, 3.63) is 34.9 Å². The molecule has 0 unspecified atom stereocenters. The van der Waals surface area contributed by atoms with Crippen molar-refractivity contribution < 1.29 is 0 Å². The lowest BCUT2D eigenvalue weighted by Gasteiger charge is -2.13. The van der Waals surface area contributed by atoms with E-state index in [1.165, 1.54) is 24.2 Å². The zero-order valence-corrected chi connectivity index (χ0v) is 9.29. The largest absolute Gasteiger partial charge is 0.151 e. The van der Waals surface area contributed by atoms with Crippen LogP contribution >= 0.6 is 23.4 Å². The molecule has 1 aromatic rings. The first-order chi connectivity index (χ1) is 6.27. The number of rotatable bonds is 3. The SMILES string of the molecule is CCSC1(c2ccc(Cl)cc2)CC1. The highest BCUT2D eigenvalue weighted by Crippen LogP contribution is 2.56. The molecule has 0 bridgehead atoms. The number of hydrogen-bond donors (Lipinski definition) is 0. The van der Waals surface area contributed by atoms with Crippen molar-refractivity contribution in [2.24, 2.45) is 0 Å².